The summed E-state index contributed by atoms with van der Waals surface area (Å²) in [6.45, 7) is 3.04. The van der Waals surface area contributed by atoms with Gasteiger partial charge in [-0.15, -0.1) is 0 Å². The number of nitrogens with zero attached hydrogens (tertiary/aromatic N) is 3. The van der Waals surface area contributed by atoms with Crippen LogP contribution >= 0.6 is 0 Å². The lowest BCUT2D eigenvalue weighted by molar-refractivity contribution is -0.131. The fourth-order valence-electron chi connectivity index (χ4n) is 2.73. The standard InChI is InChI=1S/C13H22N4O3S/c1-10-8-16(2)13(15-10)11-5-4-6-17(9-11)12(18)7-14-21(3,19)20/h8,11,14H,4-7,9H2,1-3H3/t11-/m0/s1. The van der Waals surface area contributed by atoms with Crippen molar-refractivity contribution in [2.75, 3.05) is 25.9 Å². The Labute approximate surface area is 125 Å². The molecule has 0 aromatic carbocycles. The summed E-state index contributed by atoms with van der Waals surface area (Å²) >= 11 is 0. The van der Waals surface area contributed by atoms with E-state index in [1.807, 2.05) is 24.7 Å². The Hall–Kier alpha value is -1.41. The number of aromatic nitrogens is 2. The number of amides is 1. The zero-order valence-corrected chi connectivity index (χ0v) is 13.5. The first-order valence-electron chi connectivity index (χ1n) is 6.98. The maximum absolute atomic E-state index is 12.1. The molecule has 1 fully saturated rings. The molecule has 1 aromatic rings. The van der Waals surface area contributed by atoms with Crippen molar-refractivity contribution in [1.82, 2.24) is 19.2 Å². The predicted octanol–water partition coefficient (Wildman–Crippen LogP) is -0.0163. The molecule has 0 saturated carbocycles. The second kappa shape index (κ2) is 6.15. The molecule has 0 radical (unpaired) electrons. The molecule has 1 aromatic heterocycles. The minimum Gasteiger partial charge on any atom is -0.341 e. The third kappa shape index (κ3) is 4.28. The van der Waals surface area contributed by atoms with Gasteiger partial charge in [0.05, 0.1) is 18.5 Å². The highest BCUT2D eigenvalue weighted by molar-refractivity contribution is 7.88. The first kappa shape index (κ1) is 16.0. The number of aryl methyl sites for hydroxylation is 2. The summed E-state index contributed by atoms with van der Waals surface area (Å²) in [7, 11) is -1.38. The summed E-state index contributed by atoms with van der Waals surface area (Å²) in [5, 5.41) is 0. The Balaban J connectivity index is 2.00. The average molecular weight is 314 g/mol. The number of sulfonamides is 1. The van der Waals surface area contributed by atoms with E-state index in [1.54, 1.807) is 4.90 Å². The third-order valence-electron chi connectivity index (χ3n) is 3.66. The molecule has 2 rings (SSSR count). The first-order chi connectivity index (χ1) is 9.76. The van der Waals surface area contributed by atoms with Gasteiger partial charge in [-0.2, -0.15) is 0 Å². The normalized spacial score (nSPS) is 19.8. The van der Waals surface area contributed by atoms with Crippen LogP contribution in [0.15, 0.2) is 6.20 Å². The summed E-state index contributed by atoms with van der Waals surface area (Å²) in [6, 6.07) is 0. The van der Waals surface area contributed by atoms with Crippen molar-refractivity contribution in [2.45, 2.75) is 25.7 Å². The lowest BCUT2D eigenvalue weighted by atomic mass is 9.97. The van der Waals surface area contributed by atoms with E-state index in [9.17, 15) is 13.2 Å². The van der Waals surface area contributed by atoms with Gasteiger partial charge < -0.3 is 9.47 Å². The number of piperidine rings is 1. The maximum Gasteiger partial charge on any atom is 0.237 e. The van der Waals surface area contributed by atoms with Crippen molar-refractivity contribution in [2.24, 2.45) is 7.05 Å². The monoisotopic (exact) mass is 314 g/mol. The van der Waals surface area contributed by atoms with Gasteiger partial charge in [-0.25, -0.2) is 18.1 Å². The molecular weight excluding hydrogens is 292 g/mol. The first-order valence-corrected chi connectivity index (χ1v) is 8.87. The summed E-state index contributed by atoms with van der Waals surface area (Å²) < 4.78 is 26.4. The highest BCUT2D eigenvalue weighted by Crippen LogP contribution is 2.26. The molecule has 1 atom stereocenters. The number of likely N-dealkylation sites (tertiary alicyclic amines) is 1. The minimum absolute atomic E-state index is 0.175. The molecular formula is C13H22N4O3S. The van der Waals surface area contributed by atoms with E-state index >= 15 is 0 Å². The minimum atomic E-state index is -3.34. The van der Waals surface area contributed by atoms with Gasteiger partial charge in [0.15, 0.2) is 0 Å². The van der Waals surface area contributed by atoms with Crippen molar-refractivity contribution in [3.05, 3.63) is 17.7 Å². The highest BCUT2D eigenvalue weighted by Gasteiger charge is 2.27. The molecule has 0 unspecified atom stereocenters. The Bertz CT molecular complexity index is 623. The second-order valence-corrected chi connectivity index (χ2v) is 7.46. The van der Waals surface area contributed by atoms with Crippen LogP contribution in [0.1, 0.15) is 30.3 Å². The molecule has 0 bridgehead atoms. The van der Waals surface area contributed by atoms with Crippen LogP contribution < -0.4 is 4.72 Å². The molecule has 1 amide bonds. The number of hydrogen-bond donors (Lipinski definition) is 1. The quantitative estimate of drug-likeness (QED) is 0.847. The van der Waals surface area contributed by atoms with Crippen molar-refractivity contribution < 1.29 is 13.2 Å². The molecule has 118 valence electrons. The van der Waals surface area contributed by atoms with E-state index in [0.29, 0.717) is 13.1 Å². The molecule has 1 N–H and O–H groups in total. The number of carbonyl (C=O) groups excluding carboxylic acids is 1. The summed E-state index contributed by atoms with van der Waals surface area (Å²) in [5.74, 6) is 1.01. The fraction of sp³-hybridized carbons (Fsp3) is 0.692. The van der Waals surface area contributed by atoms with Gasteiger partial charge in [0.2, 0.25) is 15.9 Å². The molecule has 1 saturated heterocycles. The molecule has 1 aliphatic rings. The molecule has 8 heteroatoms. The van der Waals surface area contributed by atoms with Crippen LogP contribution in [0.25, 0.3) is 0 Å². The van der Waals surface area contributed by atoms with Gasteiger partial charge in [0, 0.05) is 32.3 Å². The van der Waals surface area contributed by atoms with Crippen LogP contribution in [0.2, 0.25) is 0 Å². The van der Waals surface area contributed by atoms with Crippen molar-refractivity contribution >= 4 is 15.9 Å². The molecule has 0 spiro atoms. The number of imidazole rings is 1. The van der Waals surface area contributed by atoms with Gasteiger partial charge in [-0.3, -0.25) is 4.79 Å². The average Bonchev–Trinajstić information content (AvgIpc) is 2.74. The van der Waals surface area contributed by atoms with Gasteiger partial charge in [0.1, 0.15) is 5.82 Å². The molecule has 2 heterocycles. The largest absolute Gasteiger partial charge is 0.341 e. The van der Waals surface area contributed by atoms with E-state index in [2.05, 4.69) is 9.71 Å². The predicted molar refractivity (Wildman–Crippen MR) is 79.3 cm³/mol. The Morgan fingerprint density at radius 2 is 2.24 bits per heavy atom. The Kier molecular flexibility index (Phi) is 4.67. The zero-order chi connectivity index (χ0) is 15.6. The van der Waals surface area contributed by atoms with E-state index in [4.69, 9.17) is 0 Å². The van der Waals surface area contributed by atoms with Gasteiger partial charge in [0.25, 0.3) is 0 Å². The molecule has 21 heavy (non-hydrogen) atoms. The smallest absolute Gasteiger partial charge is 0.237 e. The maximum atomic E-state index is 12.1. The van der Waals surface area contributed by atoms with E-state index in [0.717, 1.165) is 30.6 Å². The SMILES string of the molecule is Cc1cn(C)c([C@H]2CCCN(C(=O)CNS(C)(=O)=O)C2)n1. The van der Waals surface area contributed by atoms with E-state index in [-0.39, 0.29) is 18.4 Å². The number of carbonyl (C=O) groups is 1. The third-order valence-corrected chi connectivity index (χ3v) is 4.33. The van der Waals surface area contributed by atoms with E-state index in [1.165, 1.54) is 0 Å². The number of rotatable bonds is 4. The second-order valence-electron chi connectivity index (χ2n) is 5.62. The van der Waals surface area contributed by atoms with Crippen LogP contribution in [0.5, 0.6) is 0 Å². The topological polar surface area (TPSA) is 84.3 Å². The summed E-state index contributed by atoms with van der Waals surface area (Å²) in [6.07, 6.45) is 4.92. The van der Waals surface area contributed by atoms with Crippen molar-refractivity contribution in [3.8, 4) is 0 Å². The van der Waals surface area contributed by atoms with Crippen molar-refractivity contribution in [3.63, 3.8) is 0 Å². The van der Waals surface area contributed by atoms with Crippen LogP contribution in [0, 0.1) is 6.92 Å². The molecule has 1 aliphatic heterocycles. The zero-order valence-electron chi connectivity index (χ0n) is 12.7. The van der Waals surface area contributed by atoms with Gasteiger partial charge in [-0.05, 0) is 19.8 Å². The Morgan fingerprint density at radius 1 is 1.52 bits per heavy atom. The highest BCUT2D eigenvalue weighted by atomic mass is 32.2. The van der Waals surface area contributed by atoms with Gasteiger partial charge in [-0.1, -0.05) is 0 Å². The molecule has 0 aliphatic carbocycles. The lowest BCUT2D eigenvalue weighted by Crippen LogP contribution is -2.44. The number of nitrogens with one attached hydrogen (secondary N) is 1. The van der Waals surface area contributed by atoms with E-state index < -0.39 is 10.0 Å². The summed E-state index contributed by atoms with van der Waals surface area (Å²) in [4.78, 5) is 18.3. The van der Waals surface area contributed by atoms with Crippen LogP contribution in [-0.2, 0) is 21.9 Å². The summed E-state index contributed by atoms with van der Waals surface area (Å²) in [5.41, 5.74) is 0.967. The van der Waals surface area contributed by atoms with Gasteiger partial charge >= 0.3 is 0 Å². The van der Waals surface area contributed by atoms with Crippen molar-refractivity contribution in [1.29, 1.82) is 0 Å². The van der Waals surface area contributed by atoms with Crippen LogP contribution in [-0.4, -0.2) is 54.7 Å². The lowest BCUT2D eigenvalue weighted by Gasteiger charge is -2.32. The number of hydrogen-bond acceptors (Lipinski definition) is 4. The fourth-order valence-corrected chi connectivity index (χ4v) is 3.12. The Morgan fingerprint density at radius 3 is 2.81 bits per heavy atom. The molecule has 7 nitrogen and oxygen atoms in total. The van der Waals surface area contributed by atoms with Crippen LogP contribution in [0.3, 0.4) is 0 Å². The van der Waals surface area contributed by atoms with Crippen LogP contribution in [0.4, 0.5) is 0 Å².